The smallest absolute Gasteiger partial charge is 0.269 e. The van der Waals surface area contributed by atoms with Crippen molar-refractivity contribution in [1.29, 1.82) is 0 Å². The van der Waals surface area contributed by atoms with Gasteiger partial charge in [-0.3, -0.25) is 10.1 Å². The van der Waals surface area contributed by atoms with Crippen LogP contribution in [0.25, 0.3) is 5.69 Å². The standard InChI is InChI=1S/C16H16N6O2S.ClH/c23-22(24)15-8-4-5-13(11-15)12-17-9-10-25-16-18-19-20-21(16)14-6-2-1-3-7-14;/h1-8,11,17H,9-10,12H2;1H. The zero-order chi connectivity index (χ0) is 17.5. The van der Waals surface area contributed by atoms with Gasteiger partial charge in [0.25, 0.3) is 5.69 Å². The Kier molecular flexibility index (Phi) is 7.52. The third kappa shape index (κ3) is 5.25. The lowest BCUT2D eigenvalue weighted by Crippen LogP contribution is -2.16. The van der Waals surface area contributed by atoms with E-state index in [-0.39, 0.29) is 23.0 Å². The first kappa shape index (κ1) is 19.8. The van der Waals surface area contributed by atoms with E-state index in [1.54, 1.807) is 28.6 Å². The molecule has 0 aliphatic heterocycles. The molecule has 0 aliphatic carbocycles. The summed E-state index contributed by atoms with van der Waals surface area (Å²) in [5.41, 5.74) is 1.91. The highest BCUT2D eigenvalue weighted by atomic mass is 35.5. The maximum absolute atomic E-state index is 10.8. The van der Waals surface area contributed by atoms with Gasteiger partial charge in [0.2, 0.25) is 5.16 Å². The summed E-state index contributed by atoms with van der Waals surface area (Å²) >= 11 is 1.55. The van der Waals surface area contributed by atoms with Crippen molar-refractivity contribution >= 4 is 29.9 Å². The molecular weight excluding hydrogens is 376 g/mol. The fourth-order valence-electron chi connectivity index (χ4n) is 2.23. The van der Waals surface area contributed by atoms with Crippen molar-refractivity contribution in [1.82, 2.24) is 25.5 Å². The number of hydrogen-bond acceptors (Lipinski definition) is 7. The first-order valence-electron chi connectivity index (χ1n) is 7.65. The van der Waals surface area contributed by atoms with Crippen LogP contribution in [0, 0.1) is 10.1 Å². The number of nitro benzene ring substituents is 1. The largest absolute Gasteiger partial charge is 0.312 e. The third-order valence-electron chi connectivity index (χ3n) is 3.40. The molecule has 0 bridgehead atoms. The maximum atomic E-state index is 10.8. The Hall–Kier alpha value is -2.49. The van der Waals surface area contributed by atoms with E-state index in [1.807, 2.05) is 36.4 Å². The number of non-ortho nitro benzene ring substituents is 1. The molecule has 0 spiro atoms. The molecule has 1 N–H and O–H groups in total. The summed E-state index contributed by atoms with van der Waals surface area (Å²) in [6, 6.07) is 16.3. The van der Waals surface area contributed by atoms with E-state index < -0.39 is 0 Å². The highest BCUT2D eigenvalue weighted by Crippen LogP contribution is 2.17. The van der Waals surface area contributed by atoms with Crippen LogP contribution in [0.15, 0.2) is 59.8 Å². The summed E-state index contributed by atoms with van der Waals surface area (Å²) in [6.07, 6.45) is 0. The van der Waals surface area contributed by atoms with Crippen molar-refractivity contribution in [2.45, 2.75) is 11.7 Å². The number of rotatable bonds is 8. The lowest BCUT2D eigenvalue weighted by atomic mass is 10.2. The minimum absolute atomic E-state index is 0. The second-order valence-corrected chi connectivity index (χ2v) is 6.22. The Bertz CT molecular complexity index is 846. The quantitative estimate of drug-likeness (QED) is 0.272. The monoisotopic (exact) mass is 392 g/mol. The highest BCUT2D eigenvalue weighted by Gasteiger charge is 2.08. The number of para-hydroxylation sites is 1. The zero-order valence-corrected chi connectivity index (χ0v) is 15.3. The minimum atomic E-state index is -0.386. The van der Waals surface area contributed by atoms with Gasteiger partial charge >= 0.3 is 0 Å². The normalized spacial score (nSPS) is 10.3. The number of hydrogen-bond donors (Lipinski definition) is 1. The van der Waals surface area contributed by atoms with Gasteiger partial charge in [-0.05, 0) is 28.1 Å². The lowest BCUT2D eigenvalue weighted by molar-refractivity contribution is -0.384. The van der Waals surface area contributed by atoms with Gasteiger partial charge in [0.15, 0.2) is 0 Å². The first-order valence-corrected chi connectivity index (χ1v) is 8.63. The van der Waals surface area contributed by atoms with Gasteiger partial charge in [-0.15, -0.1) is 17.5 Å². The number of tetrazole rings is 1. The van der Waals surface area contributed by atoms with Crippen LogP contribution in [-0.2, 0) is 6.54 Å². The molecule has 1 aromatic heterocycles. The Morgan fingerprint density at radius 1 is 1.15 bits per heavy atom. The fourth-order valence-corrected chi connectivity index (χ4v) is 3.01. The SMILES string of the molecule is Cl.O=[N+]([O-])c1cccc(CNCCSc2nnnn2-c2ccccc2)c1. The number of benzene rings is 2. The Morgan fingerprint density at radius 2 is 1.96 bits per heavy atom. The van der Waals surface area contributed by atoms with E-state index in [0.717, 1.165) is 28.7 Å². The van der Waals surface area contributed by atoms with Crippen LogP contribution in [0.3, 0.4) is 0 Å². The van der Waals surface area contributed by atoms with Crippen LogP contribution >= 0.6 is 24.2 Å². The van der Waals surface area contributed by atoms with Crippen LogP contribution in [0.5, 0.6) is 0 Å². The van der Waals surface area contributed by atoms with Crippen molar-refractivity contribution < 1.29 is 4.92 Å². The first-order chi connectivity index (χ1) is 12.2. The van der Waals surface area contributed by atoms with Gasteiger partial charge in [0, 0.05) is 31.0 Å². The summed E-state index contributed by atoms with van der Waals surface area (Å²) in [7, 11) is 0. The molecule has 0 unspecified atom stereocenters. The number of nitrogens with one attached hydrogen (secondary N) is 1. The summed E-state index contributed by atoms with van der Waals surface area (Å²) in [5, 5.41) is 26.5. The van der Waals surface area contributed by atoms with Crippen LogP contribution in [0.1, 0.15) is 5.56 Å². The molecule has 0 saturated carbocycles. The van der Waals surface area contributed by atoms with Crippen molar-refractivity contribution in [3.8, 4) is 5.69 Å². The second-order valence-electron chi connectivity index (χ2n) is 5.16. The van der Waals surface area contributed by atoms with Crippen LogP contribution < -0.4 is 5.32 Å². The maximum Gasteiger partial charge on any atom is 0.269 e. The van der Waals surface area contributed by atoms with E-state index in [0.29, 0.717) is 6.54 Å². The van der Waals surface area contributed by atoms with Crippen molar-refractivity contribution in [3.63, 3.8) is 0 Å². The molecule has 0 atom stereocenters. The molecule has 10 heteroatoms. The molecule has 8 nitrogen and oxygen atoms in total. The molecule has 136 valence electrons. The lowest BCUT2D eigenvalue weighted by Gasteiger charge is -2.06. The predicted molar refractivity (Wildman–Crippen MR) is 102 cm³/mol. The molecule has 3 rings (SSSR count). The summed E-state index contributed by atoms with van der Waals surface area (Å²) < 4.78 is 1.70. The van der Waals surface area contributed by atoms with E-state index in [4.69, 9.17) is 0 Å². The molecule has 0 radical (unpaired) electrons. The van der Waals surface area contributed by atoms with E-state index in [1.165, 1.54) is 6.07 Å². The molecule has 3 aromatic rings. The van der Waals surface area contributed by atoms with Gasteiger partial charge in [-0.25, -0.2) is 0 Å². The van der Waals surface area contributed by atoms with E-state index in [2.05, 4.69) is 20.8 Å². The Balaban J connectivity index is 0.00000243. The van der Waals surface area contributed by atoms with Gasteiger partial charge in [-0.1, -0.05) is 42.1 Å². The Labute approximate surface area is 160 Å². The molecule has 0 amide bonds. The summed E-state index contributed by atoms with van der Waals surface area (Å²) in [6.45, 7) is 1.31. The van der Waals surface area contributed by atoms with Crippen LogP contribution in [0.2, 0.25) is 0 Å². The third-order valence-corrected chi connectivity index (χ3v) is 4.32. The molecule has 0 fully saturated rings. The minimum Gasteiger partial charge on any atom is -0.312 e. The van der Waals surface area contributed by atoms with Crippen molar-refractivity contribution in [2.75, 3.05) is 12.3 Å². The number of halogens is 1. The summed E-state index contributed by atoms with van der Waals surface area (Å²) in [4.78, 5) is 10.4. The fraction of sp³-hybridized carbons (Fsp3) is 0.188. The second kappa shape index (κ2) is 9.85. The molecule has 2 aromatic carbocycles. The van der Waals surface area contributed by atoms with Crippen molar-refractivity contribution in [3.05, 3.63) is 70.3 Å². The van der Waals surface area contributed by atoms with E-state index in [9.17, 15) is 10.1 Å². The molecule has 0 aliphatic rings. The zero-order valence-electron chi connectivity index (χ0n) is 13.7. The molecular formula is C16H17ClN6O2S. The van der Waals surface area contributed by atoms with E-state index >= 15 is 0 Å². The average molecular weight is 393 g/mol. The number of thioether (sulfide) groups is 1. The Morgan fingerprint density at radius 3 is 2.73 bits per heavy atom. The number of nitrogens with zero attached hydrogens (tertiary/aromatic N) is 5. The van der Waals surface area contributed by atoms with Gasteiger partial charge in [-0.2, -0.15) is 4.68 Å². The number of nitro groups is 1. The van der Waals surface area contributed by atoms with Crippen LogP contribution in [-0.4, -0.2) is 37.4 Å². The molecule has 0 saturated heterocycles. The number of aromatic nitrogens is 4. The average Bonchev–Trinajstić information content (AvgIpc) is 3.11. The van der Waals surface area contributed by atoms with Gasteiger partial charge in [0.1, 0.15) is 0 Å². The summed E-state index contributed by atoms with van der Waals surface area (Å²) in [5.74, 6) is 0.780. The molecule has 1 heterocycles. The van der Waals surface area contributed by atoms with Gasteiger partial charge in [0.05, 0.1) is 10.6 Å². The topological polar surface area (TPSA) is 98.8 Å². The van der Waals surface area contributed by atoms with Crippen molar-refractivity contribution in [2.24, 2.45) is 0 Å². The highest BCUT2D eigenvalue weighted by molar-refractivity contribution is 7.99. The molecule has 26 heavy (non-hydrogen) atoms. The van der Waals surface area contributed by atoms with Crippen LogP contribution in [0.4, 0.5) is 5.69 Å². The predicted octanol–water partition coefficient (Wildman–Crippen LogP) is 2.87. The van der Waals surface area contributed by atoms with Gasteiger partial charge < -0.3 is 5.32 Å².